The van der Waals surface area contributed by atoms with Crippen LogP contribution in [0.4, 0.5) is 0 Å². The van der Waals surface area contributed by atoms with Crippen LogP contribution >= 0.6 is 0 Å². The second-order valence-corrected chi connectivity index (χ2v) is 13.1. The molecular formula is C42H37LiN6O4. The van der Waals surface area contributed by atoms with E-state index in [0.29, 0.717) is 11.6 Å². The molecule has 0 atom stereocenters. The van der Waals surface area contributed by atoms with Crippen LogP contribution < -0.4 is 24.0 Å². The third-order valence-electron chi connectivity index (χ3n) is 9.23. The molecule has 5 aromatic carbocycles. The van der Waals surface area contributed by atoms with Crippen LogP contribution in [-0.4, -0.2) is 47.9 Å². The van der Waals surface area contributed by atoms with Crippen LogP contribution in [-0.2, 0) is 29.0 Å². The van der Waals surface area contributed by atoms with Crippen LogP contribution in [0.5, 0.6) is 0 Å². The van der Waals surface area contributed by atoms with Crippen molar-refractivity contribution in [1.82, 2.24) is 29.8 Å². The zero-order valence-electron chi connectivity index (χ0n) is 30.0. The summed E-state index contributed by atoms with van der Waals surface area (Å²) in [5, 5.41) is 36.7. The van der Waals surface area contributed by atoms with Crippen molar-refractivity contribution in [3.63, 3.8) is 0 Å². The van der Waals surface area contributed by atoms with Crippen LogP contribution in [0.25, 0.3) is 22.5 Å². The van der Waals surface area contributed by atoms with Crippen molar-refractivity contribution < 1.29 is 38.6 Å². The molecule has 0 saturated heterocycles. The van der Waals surface area contributed by atoms with E-state index in [0.717, 1.165) is 38.9 Å². The van der Waals surface area contributed by atoms with Gasteiger partial charge in [0.1, 0.15) is 23.6 Å². The average Bonchev–Trinajstić information content (AvgIpc) is 3.80. The maximum absolute atomic E-state index is 12.3. The minimum Gasteiger partial charge on any atom is -0.543 e. The first kappa shape index (κ1) is 37.1. The molecule has 0 spiro atoms. The number of aromatic carboxylic acids is 1. The van der Waals surface area contributed by atoms with Gasteiger partial charge in [0.05, 0.1) is 17.4 Å². The monoisotopic (exact) mass is 696 g/mol. The molecule has 53 heavy (non-hydrogen) atoms. The fourth-order valence-electron chi connectivity index (χ4n) is 6.93. The molecule has 0 fully saturated rings. The van der Waals surface area contributed by atoms with E-state index in [-0.39, 0.29) is 43.4 Å². The van der Waals surface area contributed by atoms with E-state index in [1.165, 1.54) is 25.5 Å². The summed E-state index contributed by atoms with van der Waals surface area (Å²) in [6, 6.07) is 46.6. The van der Waals surface area contributed by atoms with Crippen molar-refractivity contribution >= 4 is 5.97 Å². The van der Waals surface area contributed by atoms with Crippen molar-refractivity contribution in [2.45, 2.75) is 38.1 Å². The van der Waals surface area contributed by atoms with E-state index in [2.05, 4.69) is 51.7 Å². The molecule has 0 amide bonds. The minimum atomic E-state index is -1.49. The maximum Gasteiger partial charge on any atom is 1.00 e. The molecule has 0 bridgehead atoms. The Kier molecular flexibility index (Phi) is 10.9. The molecule has 260 valence electrons. The van der Waals surface area contributed by atoms with Gasteiger partial charge in [-0.2, -0.15) is 0 Å². The van der Waals surface area contributed by atoms with Gasteiger partial charge in [-0.05, 0) is 57.7 Å². The first-order valence-electron chi connectivity index (χ1n) is 16.9. The summed E-state index contributed by atoms with van der Waals surface area (Å²) in [5.41, 5.74) is 3.92. The molecule has 0 aliphatic rings. The van der Waals surface area contributed by atoms with Gasteiger partial charge in [0.25, 0.3) is 0 Å². The third-order valence-corrected chi connectivity index (χ3v) is 9.23. The number of carbonyl (C=O) groups is 1. The minimum absolute atomic E-state index is 0. The number of hydrogen-bond donors (Lipinski definition) is 1. The van der Waals surface area contributed by atoms with Crippen molar-refractivity contribution in [3.8, 4) is 22.5 Å². The number of carboxylic acid groups (broad SMARTS) is 1. The summed E-state index contributed by atoms with van der Waals surface area (Å²) < 4.78 is 8.76. The number of rotatable bonds is 12. The van der Waals surface area contributed by atoms with Gasteiger partial charge in [-0.25, -0.2) is 9.67 Å². The van der Waals surface area contributed by atoms with Crippen molar-refractivity contribution in [3.05, 3.63) is 179 Å². The first-order valence-corrected chi connectivity index (χ1v) is 16.9. The molecule has 2 aromatic heterocycles. The van der Waals surface area contributed by atoms with Gasteiger partial charge < -0.3 is 24.3 Å². The topological polar surface area (TPSA) is 131 Å². The summed E-state index contributed by atoms with van der Waals surface area (Å²) in [6.45, 7) is 3.23. The maximum atomic E-state index is 12.3. The average molecular weight is 697 g/mol. The number of nitrogens with zero attached hydrogens (tertiary/aromatic N) is 6. The Morgan fingerprint density at radius 2 is 1.26 bits per heavy atom. The van der Waals surface area contributed by atoms with Gasteiger partial charge in [0, 0.05) is 19.2 Å². The standard InChI is InChI=1S/C42H38N6O4.Li/c1-41(2,51)38-37(40(49)50)47(36(43-38)28-52-3)27-29-23-25-30(26-24-29)34-21-13-14-22-35(34)39-44-45-46-48(39)42(31-15-7-4-8-16-31,32-17-9-5-10-18-32)33-19-11-6-12-20-33;/h4-26,51H,27-28H2,1-3H3,(H,49,50);/q;+1/p-1. The number of imidazole rings is 1. The van der Waals surface area contributed by atoms with Gasteiger partial charge in [0.15, 0.2) is 5.82 Å². The second-order valence-electron chi connectivity index (χ2n) is 13.1. The number of hydrogen-bond acceptors (Lipinski definition) is 8. The summed E-state index contributed by atoms with van der Waals surface area (Å²) in [6.07, 6.45) is 0. The van der Waals surface area contributed by atoms with Crippen LogP contribution in [0.15, 0.2) is 140 Å². The van der Waals surface area contributed by atoms with E-state index < -0.39 is 17.1 Å². The number of ether oxygens (including phenoxy) is 1. The number of tetrazole rings is 1. The molecular weight excluding hydrogens is 659 g/mol. The third kappa shape index (κ3) is 6.98. The predicted octanol–water partition coefficient (Wildman–Crippen LogP) is 2.83. The zero-order chi connectivity index (χ0) is 36.3. The number of carbonyl (C=O) groups excluding carboxylic acids is 1. The molecule has 0 aliphatic heterocycles. The smallest absolute Gasteiger partial charge is 0.543 e. The van der Waals surface area contributed by atoms with Crippen LogP contribution in [0.2, 0.25) is 0 Å². The van der Waals surface area contributed by atoms with Crippen LogP contribution in [0, 0.1) is 0 Å². The summed E-state index contributed by atoms with van der Waals surface area (Å²) >= 11 is 0. The van der Waals surface area contributed by atoms with E-state index >= 15 is 0 Å². The van der Waals surface area contributed by atoms with Gasteiger partial charge in [-0.3, -0.25) is 0 Å². The van der Waals surface area contributed by atoms with E-state index in [1.54, 1.807) is 0 Å². The molecule has 0 unspecified atom stereocenters. The normalized spacial score (nSPS) is 11.6. The van der Waals surface area contributed by atoms with E-state index in [9.17, 15) is 15.0 Å². The molecule has 7 rings (SSSR count). The van der Waals surface area contributed by atoms with Crippen molar-refractivity contribution in [1.29, 1.82) is 0 Å². The number of carboxylic acids is 1. The summed E-state index contributed by atoms with van der Waals surface area (Å²) in [4.78, 5) is 16.7. The largest absolute Gasteiger partial charge is 1.00 e. The van der Waals surface area contributed by atoms with E-state index in [4.69, 9.17) is 9.95 Å². The van der Waals surface area contributed by atoms with Gasteiger partial charge in [0.2, 0.25) is 0 Å². The Morgan fingerprint density at radius 1 is 0.755 bits per heavy atom. The molecule has 7 aromatic rings. The number of methoxy groups -OCH3 is 1. The summed E-state index contributed by atoms with van der Waals surface area (Å²) in [5.74, 6) is -0.469. The number of aromatic nitrogens is 6. The Bertz CT molecular complexity index is 2210. The summed E-state index contributed by atoms with van der Waals surface area (Å²) in [7, 11) is 1.51. The van der Waals surface area contributed by atoms with Crippen molar-refractivity contribution in [2.24, 2.45) is 0 Å². The predicted molar refractivity (Wildman–Crippen MR) is 195 cm³/mol. The molecule has 1 N–H and O–H groups in total. The SMILES string of the molecule is COCc1nc(C(C)(C)O)c(C(=O)[O-])n1Cc1ccc(-c2ccccc2-c2nnnn2C(c2ccccc2)(c2ccccc2)c2ccccc2)cc1.[Li+]. The Labute approximate surface area is 319 Å². The zero-order valence-corrected chi connectivity index (χ0v) is 30.0. The molecule has 10 nitrogen and oxygen atoms in total. The Balaban J connectivity index is 0.00000481. The molecule has 11 heteroatoms. The Hall–Kier alpha value is -5.63. The fraction of sp³-hybridized carbons (Fsp3) is 0.167. The fourth-order valence-corrected chi connectivity index (χ4v) is 6.93. The van der Waals surface area contributed by atoms with Crippen LogP contribution in [0.1, 0.15) is 58.1 Å². The molecule has 0 radical (unpaired) electrons. The Morgan fingerprint density at radius 3 is 1.75 bits per heavy atom. The quantitative estimate of drug-likeness (QED) is 0.153. The number of aliphatic hydroxyl groups is 1. The van der Waals surface area contributed by atoms with Gasteiger partial charge >= 0.3 is 18.9 Å². The van der Waals surface area contributed by atoms with Crippen molar-refractivity contribution in [2.75, 3.05) is 7.11 Å². The molecule has 2 heterocycles. The first-order chi connectivity index (χ1) is 25.2. The van der Waals surface area contributed by atoms with Gasteiger partial charge in [-0.1, -0.05) is 140 Å². The molecule has 0 aliphatic carbocycles. The van der Waals surface area contributed by atoms with Gasteiger partial charge in [-0.15, -0.1) is 5.10 Å². The van der Waals surface area contributed by atoms with Crippen LogP contribution in [0.3, 0.4) is 0 Å². The molecule has 0 saturated carbocycles. The second kappa shape index (κ2) is 15.5. The van der Waals surface area contributed by atoms with E-state index in [1.807, 2.05) is 108 Å². The number of benzene rings is 5.